The molecule has 0 radical (unpaired) electrons. The van der Waals surface area contributed by atoms with Crippen LogP contribution in [-0.2, 0) is 9.47 Å². The van der Waals surface area contributed by atoms with E-state index in [0.29, 0.717) is 18.1 Å². The number of hydrogen-bond acceptors (Lipinski definition) is 5. The fourth-order valence-electron chi connectivity index (χ4n) is 4.07. The number of likely N-dealkylation sites (tertiary alicyclic amines) is 2. The Balaban J connectivity index is 1.68. The summed E-state index contributed by atoms with van der Waals surface area (Å²) in [6.07, 6.45) is 5.15. The number of aliphatic imine (C=N–C) groups is 1. The van der Waals surface area contributed by atoms with Gasteiger partial charge in [-0.25, -0.2) is 0 Å². The van der Waals surface area contributed by atoms with Gasteiger partial charge in [-0.15, -0.1) is 0 Å². The molecule has 0 spiro atoms. The number of guanidine groups is 1. The number of methoxy groups -OCH3 is 1. The highest BCUT2D eigenvalue weighted by Gasteiger charge is 2.21. The molecule has 2 rings (SSSR count). The summed E-state index contributed by atoms with van der Waals surface area (Å²) in [5.41, 5.74) is 0. The molecule has 2 aliphatic rings. The van der Waals surface area contributed by atoms with Crippen molar-refractivity contribution in [3.63, 3.8) is 0 Å². The molecule has 0 aromatic rings. The minimum Gasteiger partial charge on any atom is -0.383 e. The van der Waals surface area contributed by atoms with Crippen molar-refractivity contribution in [2.45, 2.75) is 58.6 Å². The molecule has 7 heteroatoms. The second-order valence-corrected chi connectivity index (χ2v) is 8.68. The van der Waals surface area contributed by atoms with E-state index in [-0.39, 0.29) is 0 Å². The van der Waals surface area contributed by atoms with Crippen LogP contribution in [0.5, 0.6) is 0 Å². The fraction of sp³-hybridized carbons (Fsp3) is 0.955. The molecule has 2 aliphatic heterocycles. The predicted octanol–water partition coefficient (Wildman–Crippen LogP) is 1.79. The van der Waals surface area contributed by atoms with Gasteiger partial charge < -0.3 is 29.9 Å². The smallest absolute Gasteiger partial charge is 0.191 e. The van der Waals surface area contributed by atoms with Gasteiger partial charge in [-0.1, -0.05) is 0 Å². The van der Waals surface area contributed by atoms with Gasteiger partial charge in [-0.2, -0.15) is 0 Å². The number of piperidine rings is 2. The minimum atomic E-state index is 0.325. The Labute approximate surface area is 178 Å². The van der Waals surface area contributed by atoms with Crippen molar-refractivity contribution in [2.75, 3.05) is 72.7 Å². The monoisotopic (exact) mass is 411 g/mol. The molecule has 29 heavy (non-hydrogen) atoms. The lowest BCUT2D eigenvalue weighted by molar-refractivity contribution is 0.0532. The van der Waals surface area contributed by atoms with Gasteiger partial charge in [-0.05, 0) is 65.5 Å². The van der Waals surface area contributed by atoms with Crippen LogP contribution < -0.4 is 10.6 Å². The van der Waals surface area contributed by atoms with E-state index < -0.39 is 0 Å². The van der Waals surface area contributed by atoms with Gasteiger partial charge in [0.15, 0.2) is 5.96 Å². The quantitative estimate of drug-likeness (QED) is 0.399. The standard InChI is InChI=1S/C22H45N5O2/c1-5-23-22(24-18-20-6-10-26(11-7-20)14-16-28-4)25-21-8-12-27(13-9-21)15-17-29-19(2)3/h19-21H,5-18H2,1-4H3,(H2,23,24,25). The molecule has 170 valence electrons. The molecule has 0 aliphatic carbocycles. The van der Waals surface area contributed by atoms with Crippen molar-refractivity contribution in [3.05, 3.63) is 0 Å². The third-order valence-corrected chi connectivity index (χ3v) is 5.96. The second kappa shape index (κ2) is 14.2. The zero-order chi connectivity index (χ0) is 20.9. The number of rotatable bonds is 11. The number of hydrogen-bond donors (Lipinski definition) is 2. The van der Waals surface area contributed by atoms with E-state index in [0.717, 1.165) is 58.4 Å². The molecule has 0 aromatic heterocycles. The Morgan fingerprint density at radius 1 is 1.00 bits per heavy atom. The first kappa shape index (κ1) is 24.4. The summed E-state index contributed by atoms with van der Waals surface area (Å²) in [5.74, 6) is 1.70. The van der Waals surface area contributed by atoms with E-state index in [1.54, 1.807) is 7.11 Å². The van der Waals surface area contributed by atoms with Gasteiger partial charge in [0.2, 0.25) is 0 Å². The molecule has 0 unspecified atom stereocenters. The maximum atomic E-state index is 5.69. The third kappa shape index (κ3) is 10.1. The summed E-state index contributed by atoms with van der Waals surface area (Å²) in [4.78, 5) is 9.95. The van der Waals surface area contributed by atoms with Crippen LogP contribution in [0, 0.1) is 5.92 Å². The van der Waals surface area contributed by atoms with Crippen LogP contribution in [0.4, 0.5) is 0 Å². The van der Waals surface area contributed by atoms with Crippen molar-refractivity contribution in [3.8, 4) is 0 Å². The maximum Gasteiger partial charge on any atom is 0.191 e. The van der Waals surface area contributed by atoms with E-state index in [1.165, 1.54) is 38.8 Å². The zero-order valence-corrected chi connectivity index (χ0v) is 19.3. The Hall–Kier alpha value is -0.890. The molecule has 0 saturated carbocycles. The fourth-order valence-corrected chi connectivity index (χ4v) is 4.07. The molecule has 0 aromatic carbocycles. The first-order valence-electron chi connectivity index (χ1n) is 11.7. The Bertz CT molecular complexity index is 444. The maximum absolute atomic E-state index is 5.69. The topological polar surface area (TPSA) is 61.4 Å². The minimum absolute atomic E-state index is 0.325. The summed E-state index contributed by atoms with van der Waals surface area (Å²) < 4.78 is 10.9. The molecule has 2 fully saturated rings. The zero-order valence-electron chi connectivity index (χ0n) is 19.3. The lowest BCUT2D eigenvalue weighted by Gasteiger charge is -2.33. The van der Waals surface area contributed by atoms with Crippen LogP contribution in [0.3, 0.4) is 0 Å². The lowest BCUT2D eigenvalue weighted by atomic mass is 9.97. The Morgan fingerprint density at radius 3 is 2.21 bits per heavy atom. The Morgan fingerprint density at radius 2 is 1.62 bits per heavy atom. The average Bonchev–Trinajstić information content (AvgIpc) is 2.72. The molecular weight excluding hydrogens is 366 g/mol. The first-order valence-corrected chi connectivity index (χ1v) is 11.7. The van der Waals surface area contributed by atoms with Gasteiger partial charge in [0.05, 0.1) is 19.3 Å². The van der Waals surface area contributed by atoms with Gasteiger partial charge in [0, 0.05) is 52.4 Å². The molecule has 2 N–H and O–H groups in total. The molecule has 7 nitrogen and oxygen atoms in total. The lowest BCUT2D eigenvalue weighted by Crippen LogP contribution is -2.49. The van der Waals surface area contributed by atoms with E-state index in [9.17, 15) is 0 Å². The largest absolute Gasteiger partial charge is 0.383 e. The number of nitrogens with one attached hydrogen (secondary N) is 2. The van der Waals surface area contributed by atoms with E-state index in [2.05, 4.69) is 41.2 Å². The highest BCUT2D eigenvalue weighted by molar-refractivity contribution is 5.80. The summed E-state index contributed by atoms with van der Waals surface area (Å²) in [6.45, 7) is 16.6. The van der Waals surface area contributed by atoms with E-state index in [1.807, 2.05) is 0 Å². The van der Waals surface area contributed by atoms with Crippen molar-refractivity contribution in [1.82, 2.24) is 20.4 Å². The van der Waals surface area contributed by atoms with Gasteiger partial charge in [0.25, 0.3) is 0 Å². The van der Waals surface area contributed by atoms with Crippen LogP contribution in [0.2, 0.25) is 0 Å². The van der Waals surface area contributed by atoms with Crippen LogP contribution in [0.1, 0.15) is 46.5 Å². The van der Waals surface area contributed by atoms with Gasteiger partial charge >= 0.3 is 0 Å². The molecule has 0 amide bonds. The second-order valence-electron chi connectivity index (χ2n) is 8.68. The van der Waals surface area contributed by atoms with Crippen LogP contribution >= 0.6 is 0 Å². The van der Waals surface area contributed by atoms with E-state index in [4.69, 9.17) is 14.5 Å². The van der Waals surface area contributed by atoms with Crippen LogP contribution in [0.15, 0.2) is 4.99 Å². The summed E-state index contributed by atoms with van der Waals surface area (Å²) in [6, 6.07) is 0.519. The molecule has 0 atom stereocenters. The highest BCUT2D eigenvalue weighted by Crippen LogP contribution is 2.17. The van der Waals surface area contributed by atoms with Crippen molar-refractivity contribution >= 4 is 5.96 Å². The first-order chi connectivity index (χ1) is 14.1. The molecule has 0 bridgehead atoms. The van der Waals surface area contributed by atoms with Crippen molar-refractivity contribution in [1.29, 1.82) is 0 Å². The molecule has 2 saturated heterocycles. The van der Waals surface area contributed by atoms with Crippen LogP contribution in [-0.4, -0.2) is 101 Å². The van der Waals surface area contributed by atoms with Crippen molar-refractivity contribution < 1.29 is 9.47 Å². The summed E-state index contributed by atoms with van der Waals surface area (Å²) in [7, 11) is 1.78. The van der Waals surface area contributed by atoms with Gasteiger partial charge in [0.1, 0.15) is 0 Å². The summed E-state index contributed by atoms with van der Waals surface area (Å²) >= 11 is 0. The van der Waals surface area contributed by atoms with E-state index >= 15 is 0 Å². The molecule has 2 heterocycles. The van der Waals surface area contributed by atoms with Crippen molar-refractivity contribution in [2.24, 2.45) is 10.9 Å². The summed E-state index contributed by atoms with van der Waals surface area (Å²) in [5, 5.41) is 7.12. The Kier molecular flexibility index (Phi) is 11.9. The average molecular weight is 412 g/mol. The van der Waals surface area contributed by atoms with Gasteiger partial charge in [-0.3, -0.25) is 4.99 Å². The normalized spacial score (nSPS) is 21.1. The predicted molar refractivity (Wildman–Crippen MR) is 121 cm³/mol. The highest BCUT2D eigenvalue weighted by atomic mass is 16.5. The van der Waals surface area contributed by atoms with Crippen LogP contribution in [0.25, 0.3) is 0 Å². The third-order valence-electron chi connectivity index (χ3n) is 5.96. The number of nitrogens with zero attached hydrogens (tertiary/aromatic N) is 3. The SMILES string of the molecule is CCNC(=NCC1CCN(CCOC)CC1)NC1CCN(CCOC(C)C)CC1. The number of ether oxygens (including phenoxy) is 2. The molecular formula is C22H45N5O2.